The Morgan fingerprint density at radius 3 is 3.11 bits per heavy atom. The molecule has 0 bridgehead atoms. The molecule has 1 heterocycles. The third kappa shape index (κ3) is 3.70. The third-order valence-corrected chi connectivity index (χ3v) is 3.37. The summed E-state index contributed by atoms with van der Waals surface area (Å²) in [7, 11) is 0. The molecule has 106 valence electrons. The predicted molar refractivity (Wildman–Crippen MR) is 68.9 cm³/mol. The van der Waals surface area contributed by atoms with Crippen molar-refractivity contribution in [3.8, 4) is 0 Å². The van der Waals surface area contributed by atoms with Gasteiger partial charge in [0.15, 0.2) is 5.69 Å². The van der Waals surface area contributed by atoms with E-state index in [0.29, 0.717) is 19.2 Å². The Balaban J connectivity index is 1.84. The molecule has 2 atom stereocenters. The van der Waals surface area contributed by atoms with Crippen molar-refractivity contribution < 1.29 is 19.1 Å². The zero-order valence-electron chi connectivity index (χ0n) is 11.1. The van der Waals surface area contributed by atoms with Crippen LogP contribution in [0, 0.1) is 5.92 Å². The molecule has 0 spiro atoms. The largest absolute Gasteiger partial charge is 0.461 e. The van der Waals surface area contributed by atoms with Gasteiger partial charge in [0.05, 0.1) is 12.7 Å². The van der Waals surface area contributed by atoms with E-state index in [1.807, 2.05) is 0 Å². The highest BCUT2D eigenvalue weighted by Gasteiger charge is 2.23. The number of anilines is 1. The summed E-state index contributed by atoms with van der Waals surface area (Å²) in [5.41, 5.74) is 0.161. The first-order valence-electron chi connectivity index (χ1n) is 6.75. The Labute approximate surface area is 112 Å². The zero-order valence-corrected chi connectivity index (χ0v) is 11.1. The number of oxazole rings is 1. The molecule has 0 aliphatic heterocycles. The summed E-state index contributed by atoms with van der Waals surface area (Å²) in [5.74, 6) is -0.274. The van der Waals surface area contributed by atoms with E-state index < -0.39 is 5.97 Å². The van der Waals surface area contributed by atoms with Gasteiger partial charge in [-0.25, -0.2) is 4.79 Å². The maximum atomic E-state index is 11.4. The van der Waals surface area contributed by atoms with Crippen LogP contribution in [0.1, 0.15) is 43.1 Å². The quantitative estimate of drug-likeness (QED) is 0.792. The Morgan fingerprint density at radius 1 is 1.58 bits per heavy atom. The van der Waals surface area contributed by atoms with Crippen LogP contribution in [0.25, 0.3) is 0 Å². The Hall–Kier alpha value is -1.56. The molecule has 0 saturated heterocycles. The maximum Gasteiger partial charge on any atom is 0.360 e. The fourth-order valence-electron chi connectivity index (χ4n) is 2.30. The van der Waals surface area contributed by atoms with Crippen molar-refractivity contribution in [1.82, 2.24) is 4.98 Å². The molecule has 2 unspecified atom stereocenters. The van der Waals surface area contributed by atoms with Gasteiger partial charge in [0.25, 0.3) is 6.01 Å². The van der Waals surface area contributed by atoms with Crippen LogP contribution in [0.5, 0.6) is 0 Å². The smallest absolute Gasteiger partial charge is 0.360 e. The van der Waals surface area contributed by atoms with Gasteiger partial charge in [-0.3, -0.25) is 0 Å². The van der Waals surface area contributed by atoms with E-state index in [2.05, 4.69) is 10.3 Å². The second kappa shape index (κ2) is 6.56. The van der Waals surface area contributed by atoms with E-state index in [4.69, 9.17) is 9.15 Å². The van der Waals surface area contributed by atoms with Crippen LogP contribution < -0.4 is 5.32 Å². The summed E-state index contributed by atoms with van der Waals surface area (Å²) >= 11 is 0. The van der Waals surface area contributed by atoms with Crippen LogP contribution in [0.2, 0.25) is 0 Å². The second-order valence-corrected chi connectivity index (χ2v) is 4.75. The SMILES string of the molecule is CCOC(=O)c1coc(NCC2CCCCC2O)n1. The number of carbonyl (C=O) groups is 1. The minimum absolute atomic E-state index is 0.161. The van der Waals surface area contributed by atoms with Crippen LogP contribution >= 0.6 is 0 Å². The highest BCUT2D eigenvalue weighted by molar-refractivity contribution is 5.87. The summed E-state index contributed by atoms with van der Waals surface area (Å²) in [6.07, 6.45) is 5.09. The van der Waals surface area contributed by atoms with E-state index in [9.17, 15) is 9.90 Å². The number of hydrogen-bond donors (Lipinski definition) is 2. The summed E-state index contributed by atoms with van der Waals surface area (Å²) in [6.45, 7) is 2.65. The van der Waals surface area contributed by atoms with Crippen LogP contribution in [0.3, 0.4) is 0 Å². The molecule has 1 aliphatic carbocycles. The standard InChI is InChI=1S/C13H20N2O4/c1-2-18-12(17)10-8-19-13(15-10)14-7-9-5-3-4-6-11(9)16/h8-9,11,16H,2-7H2,1H3,(H,14,15). The summed E-state index contributed by atoms with van der Waals surface area (Å²) in [5, 5.41) is 12.9. The average molecular weight is 268 g/mol. The van der Waals surface area contributed by atoms with Gasteiger partial charge in [0.2, 0.25) is 0 Å². The number of carbonyl (C=O) groups excluding carboxylic acids is 1. The fraction of sp³-hybridized carbons (Fsp3) is 0.692. The number of aromatic nitrogens is 1. The lowest BCUT2D eigenvalue weighted by molar-refractivity contribution is 0.0519. The summed E-state index contributed by atoms with van der Waals surface area (Å²) < 4.78 is 9.98. The molecule has 0 radical (unpaired) electrons. The van der Waals surface area contributed by atoms with Gasteiger partial charge in [0, 0.05) is 12.5 Å². The van der Waals surface area contributed by atoms with Gasteiger partial charge in [0.1, 0.15) is 6.26 Å². The van der Waals surface area contributed by atoms with E-state index in [1.165, 1.54) is 6.26 Å². The van der Waals surface area contributed by atoms with Crippen molar-refractivity contribution in [3.63, 3.8) is 0 Å². The Kier molecular flexibility index (Phi) is 4.79. The molecular weight excluding hydrogens is 248 g/mol. The summed E-state index contributed by atoms with van der Waals surface area (Å²) in [4.78, 5) is 15.4. The first-order valence-corrected chi connectivity index (χ1v) is 6.75. The molecule has 1 aliphatic rings. The van der Waals surface area contributed by atoms with Crippen LogP contribution in [-0.2, 0) is 4.74 Å². The monoisotopic (exact) mass is 268 g/mol. The normalized spacial score (nSPS) is 23.1. The van der Waals surface area contributed by atoms with E-state index in [1.54, 1.807) is 6.92 Å². The number of aliphatic hydroxyl groups excluding tert-OH is 1. The average Bonchev–Trinajstić information content (AvgIpc) is 2.87. The lowest BCUT2D eigenvalue weighted by Gasteiger charge is -2.27. The Morgan fingerprint density at radius 2 is 2.37 bits per heavy atom. The van der Waals surface area contributed by atoms with Crippen molar-refractivity contribution in [2.45, 2.75) is 38.7 Å². The first-order chi connectivity index (χ1) is 9.20. The lowest BCUT2D eigenvalue weighted by Crippen LogP contribution is -2.30. The van der Waals surface area contributed by atoms with Gasteiger partial charge in [-0.15, -0.1) is 0 Å². The fourth-order valence-corrected chi connectivity index (χ4v) is 2.30. The van der Waals surface area contributed by atoms with Crippen molar-refractivity contribution in [2.24, 2.45) is 5.92 Å². The number of nitrogens with one attached hydrogen (secondary N) is 1. The number of hydrogen-bond acceptors (Lipinski definition) is 6. The van der Waals surface area contributed by atoms with Gasteiger partial charge < -0.3 is 19.6 Å². The molecule has 0 aromatic carbocycles. The Bertz CT molecular complexity index is 419. The second-order valence-electron chi connectivity index (χ2n) is 4.75. The molecule has 19 heavy (non-hydrogen) atoms. The highest BCUT2D eigenvalue weighted by Crippen LogP contribution is 2.24. The molecule has 1 aromatic rings. The van der Waals surface area contributed by atoms with Crippen molar-refractivity contribution in [2.75, 3.05) is 18.5 Å². The lowest BCUT2D eigenvalue weighted by atomic mass is 9.86. The minimum atomic E-state index is -0.489. The van der Waals surface area contributed by atoms with Gasteiger partial charge in [-0.1, -0.05) is 12.8 Å². The molecule has 0 amide bonds. The maximum absolute atomic E-state index is 11.4. The number of rotatable bonds is 5. The van der Waals surface area contributed by atoms with Crippen molar-refractivity contribution in [3.05, 3.63) is 12.0 Å². The third-order valence-electron chi connectivity index (χ3n) is 3.37. The molecule has 1 fully saturated rings. The molecule has 1 aromatic heterocycles. The van der Waals surface area contributed by atoms with Crippen LogP contribution in [0.4, 0.5) is 6.01 Å². The molecule has 2 rings (SSSR count). The topological polar surface area (TPSA) is 84.6 Å². The molecule has 6 nitrogen and oxygen atoms in total. The van der Waals surface area contributed by atoms with Gasteiger partial charge in [-0.05, 0) is 19.8 Å². The predicted octanol–water partition coefficient (Wildman–Crippen LogP) is 1.81. The number of esters is 1. The molecular formula is C13H20N2O4. The number of nitrogens with zero attached hydrogens (tertiary/aromatic N) is 1. The van der Waals surface area contributed by atoms with Crippen molar-refractivity contribution in [1.29, 1.82) is 0 Å². The van der Waals surface area contributed by atoms with E-state index in [0.717, 1.165) is 25.7 Å². The van der Waals surface area contributed by atoms with Crippen molar-refractivity contribution >= 4 is 12.0 Å². The number of aliphatic hydroxyl groups is 1. The van der Waals surface area contributed by atoms with Gasteiger partial charge in [-0.2, -0.15) is 4.98 Å². The molecule has 1 saturated carbocycles. The highest BCUT2D eigenvalue weighted by atomic mass is 16.5. The zero-order chi connectivity index (χ0) is 13.7. The van der Waals surface area contributed by atoms with Gasteiger partial charge >= 0.3 is 5.97 Å². The first kappa shape index (κ1) is 13.9. The molecule has 6 heteroatoms. The van der Waals surface area contributed by atoms with E-state index >= 15 is 0 Å². The minimum Gasteiger partial charge on any atom is -0.461 e. The van der Waals surface area contributed by atoms with E-state index in [-0.39, 0.29) is 17.7 Å². The molecule has 2 N–H and O–H groups in total. The van der Waals surface area contributed by atoms with Crippen LogP contribution in [0.15, 0.2) is 10.7 Å². The summed E-state index contributed by atoms with van der Waals surface area (Å²) in [6, 6.07) is 0.292. The van der Waals surface area contributed by atoms with Crippen LogP contribution in [-0.4, -0.2) is 35.3 Å². The number of ether oxygens (including phenoxy) is 1.